The Balaban J connectivity index is 2.36. The van der Waals surface area contributed by atoms with Crippen molar-refractivity contribution in [3.63, 3.8) is 0 Å². The summed E-state index contributed by atoms with van der Waals surface area (Å²) in [5, 5.41) is 9.55. The molecular weight excluding hydrogens is 250 g/mol. The second kappa shape index (κ2) is 5.27. The van der Waals surface area contributed by atoms with Gasteiger partial charge in [0, 0.05) is 12.7 Å². The Kier molecular flexibility index (Phi) is 3.72. The summed E-state index contributed by atoms with van der Waals surface area (Å²) >= 11 is 5.87. The highest BCUT2D eigenvalue weighted by molar-refractivity contribution is 6.30. The lowest BCUT2D eigenvalue weighted by Crippen LogP contribution is -2.09. The quantitative estimate of drug-likeness (QED) is 0.918. The number of benzene rings is 1. The second-order valence-electron chi connectivity index (χ2n) is 4.10. The van der Waals surface area contributed by atoms with Gasteiger partial charge in [-0.1, -0.05) is 42.8 Å². The third-order valence-electron chi connectivity index (χ3n) is 2.92. The molecule has 0 bridgehead atoms. The van der Waals surface area contributed by atoms with Crippen LogP contribution in [0.2, 0.25) is 5.02 Å². The molecule has 0 fully saturated rings. The number of hydrogen-bond donors (Lipinski definition) is 1. The maximum Gasteiger partial charge on any atom is 0.352 e. The number of rotatable bonds is 4. The van der Waals surface area contributed by atoms with Gasteiger partial charge in [0.05, 0.1) is 5.02 Å². The molecule has 3 nitrogen and oxygen atoms in total. The van der Waals surface area contributed by atoms with Crippen molar-refractivity contribution in [3.8, 4) is 0 Å². The summed E-state index contributed by atoms with van der Waals surface area (Å²) in [4.78, 5) is 11.1. The van der Waals surface area contributed by atoms with Gasteiger partial charge in [-0.25, -0.2) is 4.79 Å². The highest BCUT2D eigenvalue weighted by atomic mass is 35.5. The van der Waals surface area contributed by atoms with Crippen molar-refractivity contribution in [2.24, 2.45) is 0 Å². The highest BCUT2D eigenvalue weighted by Crippen LogP contribution is 2.18. The molecule has 1 aromatic heterocycles. The lowest BCUT2D eigenvalue weighted by atomic mass is 10.1. The number of hydrogen-bond acceptors (Lipinski definition) is 1. The van der Waals surface area contributed by atoms with Crippen LogP contribution in [0.3, 0.4) is 0 Å². The number of aryl methyl sites for hydroxylation is 1. The lowest BCUT2D eigenvalue weighted by molar-refractivity contribution is 0.0685. The SMILES string of the molecule is CCc1ccccc1Cn1cc(Cl)cc1C(=O)O. The Bertz CT molecular complexity index is 575. The lowest BCUT2D eigenvalue weighted by Gasteiger charge is -2.10. The van der Waals surface area contributed by atoms with E-state index in [2.05, 4.69) is 13.0 Å². The summed E-state index contributed by atoms with van der Waals surface area (Å²) < 4.78 is 1.67. The molecule has 18 heavy (non-hydrogen) atoms. The van der Waals surface area contributed by atoms with E-state index in [9.17, 15) is 4.79 Å². The molecule has 0 atom stereocenters. The van der Waals surface area contributed by atoms with Crippen LogP contribution in [0.25, 0.3) is 0 Å². The van der Waals surface area contributed by atoms with Crippen molar-refractivity contribution in [1.29, 1.82) is 0 Å². The van der Waals surface area contributed by atoms with Gasteiger partial charge in [0.2, 0.25) is 0 Å². The Morgan fingerprint density at radius 2 is 2.00 bits per heavy atom. The molecule has 0 spiro atoms. The van der Waals surface area contributed by atoms with Crippen LogP contribution in [0.4, 0.5) is 0 Å². The Morgan fingerprint density at radius 1 is 1.33 bits per heavy atom. The van der Waals surface area contributed by atoms with Gasteiger partial charge in [-0.2, -0.15) is 0 Å². The first kappa shape index (κ1) is 12.7. The van der Waals surface area contributed by atoms with E-state index in [0.29, 0.717) is 11.6 Å². The molecule has 0 saturated heterocycles. The van der Waals surface area contributed by atoms with Crippen LogP contribution in [-0.2, 0) is 13.0 Å². The van der Waals surface area contributed by atoms with Gasteiger partial charge in [0.1, 0.15) is 5.69 Å². The molecule has 0 aliphatic carbocycles. The van der Waals surface area contributed by atoms with Crippen LogP contribution in [0.5, 0.6) is 0 Å². The Morgan fingerprint density at radius 3 is 2.61 bits per heavy atom. The minimum absolute atomic E-state index is 0.214. The largest absolute Gasteiger partial charge is 0.477 e. The summed E-state index contributed by atoms with van der Waals surface area (Å²) in [7, 11) is 0. The fraction of sp³-hybridized carbons (Fsp3) is 0.214. The topological polar surface area (TPSA) is 42.2 Å². The van der Waals surface area contributed by atoms with Crippen LogP contribution in [0, 0.1) is 0 Å². The smallest absolute Gasteiger partial charge is 0.352 e. The van der Waals surface area contributed by atoms with E-state index in [4.69, 9.17) is 16.7 Å². The van der Waals surface area contributed by atoms with Crippen LogP contribution < -0.4 is 0 Å². The van der Waals surface area contributed by atoms with E-state index in [1.807, 2.05) is 18.2 Å². The summed E-state index contributed by atoms with van der Waals surface area (Å²) in [6.07, 6.45) is 2.57. The summed E-state index contributed by atoms with van der Waals surface area (Å²) in [5.41, 5.74) is 2.55. The van der Waals surface area contributed by atoms with Crippen molar-refractivity contribution in [2.45, 2.75) is 19.9 Å². The van der Waals surface area contributed by atoms with Crippen LogP contribution in [0.15, 0.2) is 36.5 Å². The van der Waals surface area contributed by atoms with E-state index in [1.165, 1.54) is 11.6 Å². The molecule has 94 valence electrons. The fourth-order valence-electron chi connectivity index (χ4n) is 2.02. The van der Waals surface area contributed by atoms with E-state index in [1.54, 1.807) is 10.8 Å². The number of carbonyl (C=O) groups is 1. The maximum atomic E-state index is 11.1. The third-order valence-corrected chi connectivity index (χ3v) is 3.13. The van der Waals surface area contributed by atoms with E-state index in [0.717, 1.165) is 12.0 Å². The van der Waals surface area contributed by atoms with Gasteiger partial charge in [-0.05, 0) is 23.6 Å². The number of carboxylic acids is 1. The molecule has 2 rings (SSSR count). The molecular formula is C14H14ClNO2. The van der Waals surface area contributed by atoms with E-state index < -0.39 is 5.97 Å². The molecule has 1 aromatic carbocycles. The zero-order valence-electron chi connectivity index (χ0n) is 10.1. The number of aromatic nitrogens is 1. The predicted molar refractivity (Wildman–Crippen MR) is 71.3 cm³/mol. The van der Waals surface area contributed by atoms with Gasteiger partial charge in [-0.15, -0.1) is 0 Å². The molecule has 0 saturated carbocycles. The number of nitrogens with zero attached hydrogens (tertiary/aromatic N) is 1. The molecule has 4 heteroatoms. The second-order valence-corrected chi connectivity index (χ2v) is 4.54. The average molecular weight is 264 g/mol. The molecule has 0 radical (unpaired) electrons. The minimum atomic E-state index is -0.962. The van der Waals surface area contributed by atoms with E-state index in [-0.39, 0.29) is 5.69 Å². The standard InChI is InChI=1S/C14H14ClNO2/c1-2-10-5-3-4-6-11(10)8-16-9-12(15)7-13(16)14(17)18/h3-7,9H,2,8H2,1H3,(H,17,18). The van der Waals surface area contributed by atoms with Crippen molar-refractivity contribution in [1.82, 2.24) is 4.57 Å². The maximum absolute atomic E-state index is 11.1. The van der Waals surface area contributed by atoms with Crippen molar-refractivity contribution in [3.05, 3.63) is 58.4 Å². The monoisotopic (exact) mass is 263 g/mol. The molecule has 0 unspecified atom stereocenters. The zero-order chi connectivity index (χ0) is 13.1. The normalized spacial score (nSPS) is 10.6. The average Bonchev–Trinajstić information content (AvgIpc) is 2.71. The first-order valence-corrected chi connectivity index (χ1v) is 6.15. The first-order valence-electron chi connectivity index (χ1n) is 5.77. The number of carboxylic acid groups (broad SMARTS) is 1. The summed E-state index contributed by atoms with van der Waals surface area (Å²) in [6, 6.07) is 9.49. The summed E-state index contributed by atoms with van der Waals surface area (Å²) in [6.45, 7) is 2.61. The Labute approximate surface area is 111 Å². The first-order chi connectivity index (χ1) is 8.61. The Hall–Kier alpha value is -1.74. The van der Waals surface area contributed by atoms with Gasteiger partial charge in [0.15, 0.2) is 0 Å². The zero-order valence-corrected chi connectivity index (χ0v) is 10.8. The fourth-order valence-corrected chi connectivity index (χ4v) is 2.25. The minimum Gasteiger partial charge on any atom is -0.477 e. The van der Waals surface area contributed by atoms with Crippen molar-refractivity contribution >= 4 is 17.6 Å². The molecule has 0 amide bonds. The molecule has 1 N–H and O–H groups in total. The van der Waals surface area contributed by atoms with Crippen molar-refractivity contribution in [2.75, 3.05) is 0 Å². The van der Waals surface area contributed by atoms with Gasteiger partial charge in [-0.3, -0.25) is 0 Å². The van der Waals surface area contributed by atoms with Crippen molar-refractivity contribution < 1.29 is 9.90 Å². The van der Waals surface area contributed by atoms with E-state index >= 15 is 0 Å². The molecule has 0 aliphatic rings. The van der Waals surface area contributed by atoms with Gasteiger partial charge in [0.25, 0.3) is 0 Å². The van der Waals surface area contributed by atoms with Crippen LogP contribution in [-0.4, -0.2) is 15.6 Å². The number of aromatic carboxylic acids is 1. The van der Waals surface area contributed by atoms with Crippen LogP contribution in [0.1, 0.15) is 28.5 Å². The van der Waals surface area contributed by atoms with Gasteiger partial charge >= 0.3 is 5.97 Å². The molecule has 0 aliphatic heterocycles. The van der Waals surface area contributed by atoms with Crippen LogP contribution >= 0.6 is 11.6 Å². The highest BCUT2D eigenvalue weighted by Gasteiger charge is 2.12. The molecule has 1 heterocycles. The third kappa shape index (κ3) is 2.57. The van der Waals surface area contributed by atoms with Gasteiger partial charge < -0.3 is 9.67 Å². The predicted octanol–water partition coefficient (Wildman–Crippen LogP) is 3.45. The number of halogens is 1. The summed E-state index contributed by atoms with van der Waals surface area (Å²) in [5.74, 6) is -0.962. The molecule has 2 aromatic rings.